The molecule has 1 saturated heterocycles. The normalized spacial score (nSPS) is 34.7. The van der Waals surface area contributed by atoms with E-state index >= 15 is 0 Å². The standard InChI is InChI=1S/C14H21NOS/c1-3-11-8-12-13(17-11)4-7-16-14(12)5-6-15-10(2)9-14/h8,10,15H,3-7,9H2,1-2H3/i/hD. The summed E-state index contributed by atoms with van der Waals surface area (Å²) in [7, 11) is 0. The van der Waals surface area contributed by atoms with E-state index in [1.54, 1.807) is 5.31 Å². The van der Waals surface area contributed by atoms with E-state index in [0.29, 0.717) is 0 Å². The van der Waals surface area contributed by atoms with Crippen molar-refractivity contribution in [2.75, 3.05) is 13.2 Å². The SMILES string of the molecule is [2H]N1CCC2(CC1C)OCCc1sc(CC)cc12. The monoisotopic (exact) mass is 252 g/mol. The quantitative estimate of drug-likeness (QED) is 0.830. The third-order valence-electron chi connectivity index (χ3n) is 3.99. The zero-order valence-electron chi connectivity index (χ0n) is 11.7. The fourth-order valence-corrected chi connectivity index (χ4v) is 4.31. The van der Waals surface area contributed by atoms with Gasteiger partial charge in [0.05, 0.1) is 12.2 Å². The highest BCUT2D eigenvalue weighted by molar-refractivity contribution is 7.12. The molecule has 94 valence electrons. The van der Waals surface area contributed by atoms with Gasteiger partial charge in [0.1, 0.15) is 1.41 Å². The number of nitrogens with one attached hydrogen (secondary N) is 1. The van der Waals surface area contributed by atoms with Gasteiger partial charge < -0.3 is 10.0 Å². The summed E-state index contributed by atoms with van der Waals surface area (Å²) in [5.41, 5.74) is 1.35. The molecule has 2 unspecified atom stereocenters. The molecule has 2 nitrogen and oxygen atoms in total. The second-order valence-corrected chi connectivity index (χ2v) is 6.43. The molecule has 2 atom stereocenters. The van der Waals surface area contributed by atoms with Gasteiger partial charge in [0, 0.05) is 22.2 Å². The van der Waals surface area contributed by atoms with Crippen LogP contribution in [-0.2, 0) is 23.2 Å². The number of thiophene rings is 1. The van der Waals surface area contributed by atoms with Gasteiger partial charge in [-0.3, -0.25) is 0 Å². The molecular weight excluding hydrogens is 230 g/mol. The van der Waals surface area contributed by atoms with Gasteiger partial charge in [-0.15, -0.1) is 11.3 Å². The van der Waals surface area contributed by atoms with Crippen LogP contribution < -0.4 is 5.31 Å². The van der Waals surface area contributed by atoms with Crippen LogP contribution in [0.15, 0.2) is 6.07 Å². The van der Waals surface area contributed by atoms with E-state index in [2.05, 4.69) is 19.9 Å². The highest BCUT2D eigenvalue weighted by Gasteiger charge is 2.41. The Balaban J connectivity index is 1.97. The zero-order valence-corrected chi connectivity index (χ0v) is 11.5. The summed E-state index contributed by atoms with van der Waals surface area (Å²) in [5.74, 6) is 0. The van der Waals surface area contributed by atoms with Gasteiger partial charge in [-0.2, -0.15) is 0 Å². The molecule has 0 aliphatic carbocycles. The van der Waals surface area contributed by atoms with Gasteiger partial charge >= 0.3 is 0 Å². The molecule has 1 fully saturated rings. The molecule has 1 aromatic rings. The van der Waals surface area contributed by atoms with Crippen LogP contribution in [0.3, 0.4) is 0 Å². The third-order valence-corrected chi connectivity index (χ3v) is 5.33. The maximum atomic E-state index is 7.89. The number of hydrogen-bond acceptors (Lipinski definition) is 3. The highest BCUT2D eigenvalue weighted by atomic mass is 32.1. The Morgan fingerprint density at radius 3 is 3.35 bits per heavy atom. The van der Waals surface area contributed by atoms with Crippen LogP contribution >= 0.6 is 11.3 Å². The molecule has 1 aromatic heterocycles. The van der Waals surface area contributed by atoms with Gasteiger partial charge in [-0.25, -0.2) is 0 Å². The molecule has 1 N–H and O–H groups in total. The lowest BCUT2D eigenvalue weighted by molar-refractivity contribution is -0.0870. The first kappa shape index (κ1) is 10.5. The Kier molecular flexibility index (Phi) is 2.71. The molecule has 3 rings (SSSR count). The maximum Gasteiger partial charge on any atom is 0.122 e. The maximum absolute atomic E-state index is 7.89. The van der Waals surface area contributed by atoms with Gasteiger partial charge in [0.15, 0.2) is 0 Å². The van der Waals surface area contributed by atoms with Crippen molar-refractivity contribution < 1.29 is 6.15 Å². The average molecular weight is 252 g/mol. The summed E-state index contributed by atoms with van der Waals surface area (Å²) in [6.45, 7) is 6.03. The second kappa shape index (κ2) is 4.38. The Morgan fingerprint density at radius 1 is 1.71 bits per heavy atom. The van der Waals surface area contributed by atoms with Crippen LogP contribution in [0.4, 0.5) is 0 Å². The number of piperidine rings is 1. The van der Waals surface area contributed by atoms with Crippen LogP contribution in [-0.4, -0.2) is 19.2 Å². The lowest BCUT2D eigenvalue weighted by Gasteiger charge is -2.43. The van der Waals surface area contributed by atoms with Crippen molar-refractivity contribution in [3.05, 3.63) is 21.4 Å². The minimum Gasteiger partial charge on any atom is -0.370 e. The van der Waals surface area contributed by atoms with Crippen molar-refractivity contribution in [2.45, 2.75) is 51.2 Å². The summed E-state index contributed by atoms with van der Waals surface area (Å²) in [5, 5.41) is 1.70. The second-order valence-electron chi connectivity index (χ2n) is 5.21. The summed E-state index contributed by atoms with van der Waals surface area (Å²) in [6.07, 6.45) is 4.12. The van der Waals surface area contributed by atoms with Crippen LogP contribution in [0.1, 0.15) is 42.0 Å². The summed E-state index contributed by atoms with van der Waals surface area (Å²) < 4.78 is 14.1. The van der Waals surface area contributed by atoms with Crippen molar-refractivity contribution >= 4 is 11.3 Å². The van der Waals surface area contributed by atoms with Crippen LogP contribution in [0.5, 0.6) is 0 Å². The Morgan fingerprint density at radius 2 is 2.59 bits per heavy atom. The molecule has 3 heteroatoms. The molecule has 0 saturated carbocycles. The molecule has 0 radical (unpaired) electrons. The first-order valence-corrected chi connectivity index (χ1v) is 7.48. The van der Waals surface area contributed by atoms with Crippen molar-refractivity contribution in [1.82, 2.24) is 5.31 Å². The minimum atomic E-state index is -0.0888. The van der Waals surface area contributed by atoms with Crippen LogP contribution in [0.2, 0.25) is 1.41 Å². The van der Waals surface area contributed by atoms with E-state index < -0.39 is 0 Å². The van der Waals surface area contributed by atoms with Gasteiger partial charge in [-0.05, 0) is 44.4 Å². The Bertz CT molecular complexity index is 447. The topological polar surface area (TPSA) is 21.3 Å². The van der Waals surface area contributed by atoms with Crippen LogP contribution in [0.25, 0.3) is 0 Å². The van der Waals surface area contributed by atoms with Gasteiger partial charge in [0.2, 0.25) is 0 Å². The predicted molar refractivity (Wildman–Crippen MR) is 71.7 cm³/mol. The van der Waals surface area contributed by atoms with E-state index in [4.69, 9.17) is 6.15 Å². The molecule has 2 aliphatic heterocycles. The smallest absolute Gasteiger partial charge is 0.122 e. The van der Waals surface area contributed by atoms with Crippen molar-refractivity contribution in [3.63, 3.8) is 0 Å². The first-order chi connectivity index (χ1) is 8.64. The third kappa shape index (κ3) is 1.94. The van der Waals surface area contributed by atoms with Gasteiger partial charge in [0.25, 0.3) is 0 Å². The predicted octanol–water partition coefficient (Wildman–Crippen LogP) is 2.85. The van der Waals surface area contributed by atoms with Crippen molar-refractivity contribution in [2.24, 2.45) is 0 Å². The number of fused-ring (bicyclic) bond motifs is 2. The average Bonchev–Trinajstić information content (AvgIpc) is 2.79. The molecule has 17 heavy (non-hydrogen) atoms. The largest absolute Gasteiger partial charge is 0.370 e. The van der Waals surface area contributed by atoms with E-state index in [1.807, 2.05) is 11.3 Å². The van der Waals surface area contributed by atoms with Gasteiger partial charge in [-0.1, -0.05) is 6.92 Å². The zero-order chi connectivity index (χ0) is 12.8. The lowest BCUT2D eigenvalue weighted by Crippen LogP contribution is -2.48. The molecule has 2 aliphatic rings. The highest BCUT2D eigenvalue weighted by Crippen LogP contribution is 2.44. The van der Waals surface area contributed by atoms with E-state index in [0.717, 1.165) is 38.8 Å². The van der Waals surface area contributed by atoms with E-state index in [-0.39, 0.29) is 11.6 Å². The molecule has 0 bridgehead atoms. The van der Waals surface area contributed by atoms with E-state index in [9.17, 15) is 0 Å². The number of hydrogen-bond donors (Lipinski definition) is 1. The number of rotatable bonds is 1. The minimum absolute atomic E-state index is 0.0888. The molecule has 0 aromatic carbocycles. The first-order valence-electron chi connectivity index (χ1n) is 7.11. The molecule has 1 spiro atoms. The van der Waals surface area contributed by atoms with Crippen molar-refractivity contribution in [3.8, 4) is 0 Å². The fraction of sp³-hybridized carbons (Fsp3) is 0.714. The summed E-state index contributed by atoms with van der Waals surface area (Å²) >= 11 is 1.96. The Labute approximate surface area is 109 Å². The van der Waals surface area contributed by atoms with Crippen LogP contribution in [0, 0.1) is 0 Å². The fourth-order valence-electron chi connectivity index (χ4n) is 3.13. The summed E-state index contributed by atoms with van der Waals surface area (Å²) in [6, 6.07) is 2.65. The molecule has 0 amide bonds. The number of ether oxygens (including phenoxy) is 1. The Hall–Kier alpha value is -0.380. The summed E-state index contributed by atoms with van der Waals surface area (Å²) in [4.78, 5) is 3.01. The molecular formula is C14H21NOS. The number of aryl methyl sites for hydroxylation is 1. The van der Waals surface area contributed by atoms with E-state index in [1.165, 1.54) is 15.3 Å². The van der Waals surface area contributed by atoms with Crippen molar-refractivity contribution in [1.29, 1.82) is 0 Å². The molecule has 3 heterocycles. The lowest BCUT2D eigenvalue weighted by atomic mass is 9.80.